The van der Waals surface area contributed by atoms with Gasteiger partial charge in [0.2, 0.25) is 0 Å². The monoisotopic (exact) mass is 236 g/mol. The van der Waals surface area contributed by atoms with Crippen LogP contribution in [0.25, 0.3) is 0 Å². The zero-order valence-corrected chi connectivity index (χ0v) is 11.3. The lowest BCUT2D eigenvalue weighted by atomic mass is 9.95. The molecule has 1 aromatic rings. The van der Waals surface area contributed by atoms with Crippen LogP contribution in [0.3, 0.4) is 0 Å². The summed E-state index contributed by atoms with van der Waals surface area (Å²) < 4.78 is 5.33. The van der Waals surface area contributed by atoms with Crippen molar-refractivity contribution in [3.05, 3.63) is 28.8 Å². The van der Waals surface area contributed by atoms with Gasteiger partial charge in [0.1, 0.15) is 5.75 Å². The summed E-state index contributed by atoms with van der Waals surface area (Å²) in [6.07, 6.45) is 2.11. The van der Waals surface area contributed by atoms with Gasteiger partial charge in [0.05, 0.1) is 7.11 Å². The molecule has 0 spiro atoms. The lowest BCUT2D eigenvalue weighted by Gasteiger charge is -2.20. The Morgan fingerprint density at radius 3 is 2.53 bits per heavy atom. The summed E-state index contributed by atoms with van der Waals surface area (Å²) in [6.45, 7) is 4.95. The van der Waals surface area contributed by atoms with Gasteiger partial charge in [0.15, 0.2) is 0 Å². The Balaban J connectivity index is 2.99. The van der Waals surface area contributed by atoms with E-state index in [4.69, 9.17) is 10.5 Å². The first-order valence-electron chi connectivity index (χ1n) is 6.16. The van der Waals surface area contributed by atoms with Gasteiger partial charge in [-0.05, 0) is 63.0 Å². The van der Waals surface area contributed by atoms with Crippen molar-refractivity contribution in [1.82, 2.24) is 5.32 Å². The van der Waals surface area contributed by atoms with E-state index in [1.165, 1.54) is 16.7 Å². The molecule has 1 unspecified atom stereocenters. The van der Waals surface area contributed by atoms with Crippen LogP contribution in [0.15, 0.2) is 12.1 Å². The first-order valence-corrected chi connectivity index (χ1v) is 6.16. The molecule has 1 atom stereocenters. The van der Waals surface area contributed by atoms with Crippen LogP contribution in [0, 0.1) is 13.8 Å². The number of benzene rings is 1. The molecule has 0 saturated carbocycles. The van der Waals surface area contributed by atoms with E-state index in [1.807, 2.05) is 7.05 Å². The van der Waals surface area contributed by atoms with E-state index in [1.54, 1.807) is 7.11 Å². The van der Waals surface area contributed by atoms with Gasteiger partial charge in [0, 0.05) is 6.04 Å². The molecular formula is C14H24N2O. The van der Waals surface area contributed by atoms with E-state index in [0.717, 1.165) is 25.1 Å². The van der Waals surface area contributed by atoms with Gasteiger partial charge in [-0.25, -0.2) is 0 Å². The normalized spacial score (nSPS) is 12.5. The fourth-order valence-electron chi connectivity index (χ4n) is 2.18. The second-order valence-corrected chi connectivity index (χ2v) is 4.45. The first kappa shape index (κ1) is 14.0. The van der Waals surface area contributed by atoms with Crippen molar-refractivity contribution in [2.45, 2.75) is 32.7 Å². The first-order chi connectivity index (χ1) is 8.13. The number of nitrogens with two attached hydrogens (primary N) is 1. The van der Waals surface area contributed by atoms with E-state index in [0.29, 0.717) is 6.04 Å². The molecule has 3 N–H and O–H groups in total. The van der Waals surface area contributed by atoms with Crippen LogP contribution in [0.5, 0.6) is 5.75 Å². The van der Waals surface area contributed by atoms with Crippen molar-refractivity contribution >= 4 is 0 Å². The number of hydrogen-bond acceptors (Lipinski definition) is 3. The molecule has 0 aromatic heterocycles. The Bertz CT molecular complexity index is 363. The number of ether oxygens (including phenoxy) is 1. The molecule has 3 heteroatoms. The number of rotatable bonds is 6. The maximum absolute atomic E-state index is 5.58. The Labute approximate surface area is 104 Å². The number of nitrogens with one attached hydrogen (secondary N) is 1. The van der Waals surface area contributed by atoms with Gasteiger partial charge in [-0.15, -0.1) is 0 Å². The summed E-state index contributed by atoms with van der Waals surface area (Å²) in [7, 11) is 3.71. The quantitative estimate of drug-likeness (QED) is 0.797. The van der Waals surface area contributed by atoms with Crippen LogP contribution in [0.2, 0.25) is 0 Å². The van der Waals surface area contributed by atoms with Crippen molar-refractivity contribution in [1.29, 1.82) is 0 Å². The van der Waals surface area contributed by atoms with Crippen LogP contribution in [-0.4, -0.2) is 20.7 Å². The molecule has 0 aliphatic heterocycles. The molecule has 0 heterocycles. The summed E-state index contributed by atoms with van der Waals surface area (Å²) in [5.74, 6) is 0.958. The molecule has 0 fully saturated rings. The Morgan fingerprint density at radius 2 is 2.00 bits per heavy atom. The highest BCUT2D eigenvalue weighted by atomic mass is 16.5. The SMILES string of the molecule is CNC(CCCN)c1cc(C)c(OC)cc1C. The molecule has 96 valence electrons. The third-order valence-corrected chi connectivity index (χ3v) is 3.20. The van der Waals surface area contributed by atoms with Gasteiger partial charge in [-0.2, -0.15) is 0 Å². The van der Waals surface area contributed by atoms with Crippen molar-refractivity contribution < 1.29 is 4.74 Å². The van der Waals surface area contributed by atoms with E-state index >= 15 is 0 Å². The largest absolute Gasteiger partial charge is 0.496 e. The summed E-state index contributed by atoms with van der Waals surface area (Å²) in [4.78, 5) is 0. The molecule has 0 aliphatic rings. The topological polar surface area (TPSA) is 47.3 Å². The predicted molar refractivity (Wildman–Crippen MR) is 72.6 cm³/mol. The standard InChI is InChI=1S/C14H24N2O/c1-10-9-14(17-4)11(2)8-12(10)13(16-3)6-5-7-15/h8-9,13,16H,5-7,15H2,1-4H3. The minimum atomic E-state index is 0.378. The van der Waals surface area contributed by atoms with Gasteiger partial charge < -0.3 is 15.8 Å². The van der Waals surface area contributed by atoms with E-state index in [2.05, 4.69) is 31.3 Å². The molecule has 1 rings (SSSR count). The molecular weight excluding hydrogens is 212 g/mol. The van der Waals surface area contributed by atoms with Gasteiger partial charge >= 0.3 is 0 Å². The van der Waals surface area contributed by atoms with Crippen LogP contribution in [0.4, 0.5) is 0 Å². The Hall–Kier alpha value is -1.06. The highest BCUT2D eigenvalue weighted by molar-refractivity contribution is 5.42. The van der Waals surface area contributed by atoms with Gasteiger partial charge in [0.25, 0.3) is 0 Å². The molecule has 0 saturated heterocycles. The third-order valence-electron chi connectivity index (χ3n) is 3.20. The van der Waals surface area contributed by atoms with Crippen molar-refractivity contribution in [3.63, 3.8) is 0 Å². The Kier molecular flexibility index (Phi) is 5.45. The smallest absolute Gasteiger partial charge is 0.122 e. The summed E-state index contributed by atoms with van der Waals surface area (Å²) in [5, 5.41) is 3.36. The number of aryl methyl sites for hydroxylation is 2. The maximum atomic E-state index is 5.58. The second-order valence-electron chi connectivity index (χ2n) is 4.45. The summed E-state index contributed by atoms with van der Waals surface area (Å²) >= 11 is 0. The second kappa shape index (κ2) is 6.62. The molecule has 0 amide bonds. The highest BCUT2D eigenvalue weighted by Gasteiger charge is 2.13. The van der Waals surface area contributed by atoms with Gasteiger partial charge in [-0.1, -0.05) is 6.07 Å². The highest BCUT2D eigenvalue weighted by Crippen LogP contribution is 2.28. The lowest BCUT2D eigenvalue weighted by Crippen LogP contribution is -2.19. The van der Waals surface area contributed by atoms with Gasteiger partial charge in [-0.3, -0.25) is 0 Å². The summed E-state index contributed by atoms with van der Waals surface area (Å²) in [5.41, 5.74) is 9.37. The number of methoxy groups -OCH3 is 1. The Morgan fingerprint density at radius 1 is 1.29 bits per heavy atom. The zero-order chi connectivity index (χ0) is 12.8. The van der Waals surface area contributed by atoms with Crippen molar-refractivity contribution in [2.24, 2.45) is 5.73 Å². The average molecular weight is 236 g/mol. The molecule has 0 aliphatic carbocycles. The minimum Gasteiger partial charge on any atom is -0.496 e. The van der Waals surface area contributed by atoms with Crippen LogP contribution in [-0.2, 0) is 0 Å². The van der Waals surface area contributed by atoms with Crippen molar-refractivity contribution in [3.8, 4) is 5.75 Å². The molecule has 1 aromatic carbocycles. The van der Waals surface area contributed by atoms with Crippen LogP contribution >= 0.6 is 0 Å². The van der Waals surface area contributed by atoms with Crippen LogP contribution < -0.4 is 15.8 Å². The van der Waals surface area contributed by atoms with Crippen molar-refractivity contribution in [2.75, 3.05) is 20.7 Å². The average Bonchev–Trinajstić information content (AvgIpc) is 2.33. The van der Waals surface area contributed by atoms with E-state index < -0.39 is 0 Å². The molecule has 0 radical (unpaired) electrons. The van der Waals surface area contributed by atoms with E-state index in [9.17, 15) is 0 Å². The molecule has 0 bridgehead atoms. The fraction of sp³-hybridized carbons (Fsp3) is 0.571. The zero-order valence-electron chi connectivity index (χ0n) is 11.3. The van der Waals surface area contributed by atoms with Crippen LogP contribution in [0.1, 0.15) is 35.6 Å². The number of hydrogen-bond donors (Lipinski definition) is 2. The predicted octanol–water partition coefficient (Wildman–Crippen LogP) is 2.31. The maximum Gasteiger partial charge on any atom is 0.122 e. The lowest BCUT2D eigenvalue weighted by molar-refractivity contribution is 0.410. The fourth-order valence-corrected chi connectivity index (χ4v) is 2.18. The van der Waals surface area contributed by atoms with E-state index in [-0.39, 0.29) is 0 Å². The third kappa shape index (κ3) is 3.45. The summed E-state index contributed by atoms with van der Waals surface area (Å²) in [6, 6.07) is 4.70. The minimum absolute atomic E-state index is 0.378. The molecule has 3 nitrogen and oxygen atoms in total. The molecule has 17 heavy (non-hydrogen) atoms.